The van der Waals surface area contributed by atoms with Crippen molar-refractivity contribution in [3.63, 3.8) is 0 Å². The highest BCUT2D eigenvalue weighted by molar-refractivity contribution is 5.29. The Hall–Kier alpha value is -1.49. The Morgan fingerprint density at radius 3 is 2.76 bits per heavy atom. The van der Waals surface area contributed by atoms with Crippen LogP contribution in [-0.2, 0) is 0 Å². The molecule has 1 aromatic heterocycles. The van der Waals surface area contributed by atoms with Gasteiger partial charge in [-0.25, -0.2) is 9.07 Å². The molecule has 5 rings (SSSR count). The van der Waals surface area contributed by atoms with Crippen molar-refractivity contribution in [2.45, 2.75) is 31.2 Å². The predicted octanol–water partition coefficient (Wildman–Crippen LogP) is 2.48. The minimum absolute atomic E-state index is 0.245. The van der Waals surface area contributed by atoms with Crippen LogP contribution in [0, 0.1) is 5.92 Å². The molecule has 112 valence electrons. The fraction of sp³-hybridized carbons (Fsp3) is 0.625. The lowest BCUT2D eigenvalue weighted by Crippen LogP contribution is -2.48. The van der Waals surface area contributed by atoms with Crippen molar-refractivity contribution in [2.75, 3.05) is 26.3 Å². The van der Waals surface area contributed by atoms with Crippen LogP contribution in [0.2, 0.25) is 0 Å². The molecule has 1 aliphatic carbocycles. The highest BCUT2D eigenvalue weighted by Gasteiger charge is 2.36. The van der Waals surface area contributed by atoms with E-state index >= 15 is 0 Å². The first kappa shape index (κ1) is 13.2. The number of hydrogen-bond donors (Lipinski definition) is 0. The SMILES string of the molecule is FCC1=CCC(c2cn(C3CN4CCC3CC4)nn2)C=C1. The fourth-order valence-electron chi connectivity index (χ4n) is 3.84. The van der Waals surface area contributed by atoms with Crippen LogP contribution in [0.3, 0.4) is 0 Å². The van der Waals surface area contributed by atoms with Gasteiger partial charge in [-0.2, -0.15) is 0 Å². The van der Waals surface area contributed by atoms with E-state index in [1.807, 2.05) is 12.2 Å². The molecule has 21 heavy (non-hydrogen) atoms. The lowest BCUT2D eigenvalue weighted by Gasteiger charge is -2.44. The second-order valence-corrected chi connectivity index (χ2v) is 6.44. The van der Waals surface area contributed by atoms with Crippen LogP contribution >= 0.6 is 0 Å². The summed E-state index contributed by atoms with van der Waals surface area (Å²) >= 11 is 0. The zero-order valence-corrected chi connectivity index (χ0v) is 12.2. The van der Waals surface area contributed by atoms with E-state index in [1.54, 1.807) is 0 Å². The first-order valence-corrected chi connectivity index (χ1v) is 7.91. The van der Waals surface area contributed by atoms with Crippen LogP contribution in [0.5, 0.6) is 0 Å². The molecule has 4 heterocycles. The molecule has 2 unspecified atom stereocenters. The number of allylic oxidation sites excluding steroid dienone is 4. The van der Waals surface area contributed by atoms with Gasteiger partial charge in [-0.05, 0) is 43.8 Å². The van der Waals surface area contributed by atoms with E-state index in [0.29, 0.717) is 6.04 Å². The molecule has 2 bridgehead atoms. The van der Waals surface area contributed by atoms with Crippen molar-refractivity contribution in [3.8, 4) is 0 Å². The van der Waals surface area contributed by atoms with Crippen LogP contribution in [0.15, 0.2) is 30.0 Å². The van der Waals surface area contributed by atoms with Gasteiger partial charge in [0.25, 0.3) is 0 Å². The van der Waals surface area contributed by atoms with E-state index in [4.69, 9.17) is 0 Å². The number of hydrogen-bond acceptors (Lipinski definition) is 3. The summed E-state index contributed by atoms with van der Waals surface area (Å²) < 4.78 is 14.7. The van der Waals surface area contributed by atoms with E-state index in [-0.39, 0.29) is 12.6 Å². The summed E-state index contributed by atoms with van der Waals surface area (Å²) in [6.07, 6.45) is 11.4. The molecule has 1 aromatic rings. The number of rotatable bonds is 3. The van der Waals surface area contributed by atoms with Crippen molar-refractivity contribution >= 4 is 0 Å². The van der Waals surface area contributed by atoms with Gasteiger partial charge in [-0.3, -0.25) is 0 Å². The molecule has 2 atom stereocenters. The van der Waals surface area contributed by atoms with Crippen molar-refractivity contribution in [3.05, 3.63) is 35.7 Å². The Morgan fingerprint density at radius 2 is 2.14 bits per heavy atom. The number of nitrogens with zero attached hydrogens (tertiary/aromatic N) is 4. The van der Waals surface area contributed by atoms with Crippen LogP contribution in [0.25, 0.3) is 0 Å². The summed E-state index contributed by atoms with van der Waals surface area (Å²) in [4.78, 5) is 2.53. The highest BCUT2D eigenvalue weighted by atomic mass is 19.1. The van der Waals surface area contributed by atoms with Crippen LogP contribution in [0.4, 0.5) is 4.39 Å². The minimum Gasteiger partial charge on any atom is -0.301 e. The Balaban J connectivity index is 1.49. The second kappa shape index (κ2) is 5.37. The summed E-state index contributed by atoms with van der Waals surface area (Å²) in [6, 6.07) is 0.485. The average molecular weight is 288 g/mol. The molecule has 0 aromatic carbocycles. The minimum atomic E-state index is -0.379. The molecule has 0 amide bonds. The molecule has 4 aliphatic rings. The lowest BCUT2D eigenvalue weighted by atomic mass is 9.84. The second-order valence-electron chi connectivity index (χ2n) is 6.44. The van der Waals surface area contributed by atoms with Gasteiger partial charge in [0, 0.05) is 18.7 Å². The van der Waals surface area contributed by atoms with E-state index < -0.39 is 0 Å². The van der Waals surface area contributed by atoms with E-state index in [2.05, 4.69) is 32.2 Å². The third-order valence-electron chi connectivity index (χ3n) is 5.20. The standard InChI is InChI=1S/C16H21FN4/c17-9-12-1-3-13(4-2-12)15-10-21(19-18-15)16-11-20-7-5-14(16)6-8-20/h1-3,10,13-14,16H,4-9,11H2. The van der Waals surface area contributed by atoms with Crippen molar-refractivity contribution < 1.29 is 4.39 Å². The molecule has 4 nitrogen and oxygen atoms in total. The number of alkyl halides is 1. The van der Waals surface area contributed by atoms with Crippen molar-refractivity contribution in [1.29, 1.82) is 0 Å². The quantitative estimate of drug-likeness (QED) is 0.857. The maximum Gasteiger partial charge on any atom is 0.114 e. The van der Waals surface area contributed by atoms with E-state index in [1.165, 1.54) is 25.9 Å². The zero-order chi connectivity index (χ0) is 14.2. The number of aromatic nitrogens is 3. The highest BCUT2D eigenvalue weighted by Crippen LogP contribution is 2.35. The largest absolute Gasteiger partial charge is 0.301 e. The molecule has 3 fully saturated rings. The van der Waals surface area contributed by atoms with Gasteiger partial charge in [-0.15, -0.1) is 5.10 Å². The summed E-state index contributed by atoms with van der Waals surface area (Å²) in [6.45, 7) is 3.21. The Bertz CT molecular complexity index is 569. The Kier molecular flexibility index (Phi) is 3.37. The molecule has 0 spiro atoms. The summed E-state index contributed by atoms with van der Waals surface area (Å²) in [5.74, 6) is 1.000. The van der Waals surface area contributed by atoms with Gasteiger partial charge in [-0.1, -0.05) is 23.4 Å². The normalized spacial score (nSPS) is 35.0. The van der Waals surface area contributed by atoms with Crippen LogP contribution < -0.4 is 0 Å². The van der Waals surface area contributed by atoms with Gasteiger partial charge in [0.2, 0.25) is 0 Å². The maximum atomic E-state index is 12.6. The van der Waals surface area contributed by atoms with Crippen molar-refractivity contribution in [1.82, 2.24) is 19.9 Å². The molecule has 0 N–H and O–H groups in total. The monoisotopic (exact) mass is 288 g/mol. The summed E-state index contributed by atoms with van der Waals surface area (Å²) in [5, 5.41) is 8.75. The average Bonchev–Trinajstić information content (AvgIpc) is 3.06. The Morgan fingerprint density at radius 1 is 1.29 bits per heavy atom. The predicted molar refractivity (Wildman–Crippen MR) is 78.8 cm³/mol. The molecule has 3 saturated heterocycles. The molecule has 5 heteroatoms. The van der Waals surface area contributed by atoms with Gasteiger partial charge >= 0.3 is 0 Å². The topological polar surface area (TPSA) is 34.0 Å². The van der Waals surface area contributed by atoms with Gasteiger partial charge in [0.15, 0.2) is 0 Å². The Labute approximate surface area is 124 Å². The van der Waals surface area contributed by atoms with Crippen LogP contribution in [-0.4, -0.2) is 46.2 Å². The molecular weight excluding hydrogens is 267 g/mol. The van der Waals surface area contributed by atoms with E-state index in [9.17, 15) is 4.39 Å². The molecule has 3 aliphatic heterocycles. The maximum absolute atomic E-state index is 12.6. The van der Waals surface area contributed by atoms with Crippen LogP contribution in [0.1, 0.15) is 36.9 Å². The third kappa shape index (κ3) is 2.44. The number of fused-ring (bicyclic) bond motifs is 3. The first-order chi connectivity index (χ1) is 10.3. The van der Waals surface area contributed by atoms with Gasteiger partial charge in [0.05, 0.1) is 11.7 Å². The third-order valence-corrected chi connectivity index (χ3v) is 5.20. The zero-order valence-electron chi connectivity index (χ0n) is 12.2. The lowest BCUT2D eigenvalue weighted by molar-refractivity contribution is 0.0503. The van der Waals surface area contributed by atoms with Gasteiger partial charge < -0.3 is 4.90 Å². The molecule has 0 radical (unpaired) electrons. The van der Waals surface area contributed by atoms with Crippen molar-refractivity contribution in [2.24, 2.45) is 5.92 Å². The fourth-order valence-corrected chi connectivity index (χ4v) is 3.84. The van der Waals surface area contributed by atoms with E-state index in [0.717, 1.165) is 30.2 Å². The van der Waals surface area contributed by atoms with Gasteiger partial charge in [0.1, 0.15) is 6.67 Å². The smallest absolute Gasteiger partial charge is 0.114 e. The number of piperidine rings is 3. The first-order valence-electron chi connectivity index (χ1n) is 7.91. The number of halogens is 1. The summed E-state index contributed by atoms with van der Waals surface area (Å²) in [5.41, 5.74) is 1.79. The summed E-state index contributed by atoms with van der Waals surface area (Å²) in [7, 11) is 0. The molecule has 0 saturated carbocycles. The molecular formula is C16H21FN4.